The molecule has 0 radical (unpaired) electrons. The average Bonchev–Trinajstić information content (AvgIpc) is 3.08. The fourth-order valence-electron chi connectivity index (χ4n) is 2.39. The normalized spacial score (nSPS) is 27.0. The number of nitrogens with zero attached hydrogens (tertiary/aromatic N) is 1. The van der Waals surface area contributed by atoms with E-state index in [1.54, 1.807) is 11.8 Å². The van der Waals surface area contributed by atoms with E-state index in [-0.39, 0.29) is 36.5 Å². The van der Waals surface area contributed by atoms with Gasteiger partial charge in [-0.15, -0.1) is 0 Å². The third kappa shape index (κ3) is 3.02. The topological polar surface area (TPSA) is 55.8 Å². The van der Waals surface area contributed by atoms with E-state index < -0.39 is 0 Å². The highest BCUT2D eigenvalue weighted by Crippen LogP contribution is 2.31. The van der Waals surface area contributed by atoms with Crippen molar-refractivity contribution in [1.82, 2.24) is 4.90 Å². The summed E-state index contributed by atoms with van der Waals surface area (Å²) in [5.41, 5.74) is 0. The molecule has 2 aliphatic rings. The number of esters is 1. The van der Waals surface area contributed by atoms with Crippen LogP contribution in [0.15, 0.2) is 0 Å². The van der Waals surface area contributed by atoms with Crippen LogP contribution in [0, 0.1) is 5.92 Å². The van der Waals surface area contributed by atoms with Crippen molar-refractivity contribution in [1.29, 1.82) is 0 Å². The van der Waals surface area contributed by atoms with Crippen molar-refractivity contribution in [3.63, 3.8) is 0 Å². The first-order chi connectivity index (χ1) is 8.63. The van der Waals surface area contributed by atoms with E-state index in [4.69, 9.17) is 9.47 Å². The van der Waals surface area contributed by atoms with E-state index in [9.17, 15) is 9.59 Å². The molecule has 0 N–H and O–H groups in total. The molecular weight excluding hydrogens is 234 g/mol. The Hall–Kier alpha value is -1.10. The Balaban J connectivity index is 1.96. The van der Waals surface area contributed by atoms with Crippen molar-refractivity contribution in [2.75, 3.05) is 19.8 Å². The molecule has 2 rings (SSSR count). The monoisotopic (exact) mass is 255 g/mol. The van der Waals surface area contributed by atoms with Gasteiger partial charge in [-0.3, -0.25) is 9.59 Å². The highest BCUT2D eigenvalue weighted by molar-refractivity contribution is 5.84. The van der Waals surface area contributed by atoms with E-state index >= 15 is 0 Å². The maximum atomic E-state index is 12.4. The number of carbonyl (C=O) groups is 2. The van der Waals surface area contributed by atoms with Crippen molar-refractivity contribution in [2.45, 2.75) is 45.3 Å². The molecule has 1 aliphatic carbocycles. The Morgan fingerprint density at radius 1 is 1.33 bits per heavy atom. The van der Waals surface area contributed by atoms with Crippen molar-refractivity contribution in [2.24, 2.45) is 5.92 Å². The summed E-state index contributed by atoms with van der Waals surface area (Å²) in [6, 6.07) is 0.231. The number of rotatable bonds is 5. The van der Waals surface area contributed by atoms with Crippen LogP contribution in [0.4, 0.5) is 0 Å². The summed E-state index contributed by atoms with van der Waals surface area (Å²) in [5, 5.41) is 0. The fourth-order valence-corrected chi connectivity index (χ4v) is 2.39. The van der Waals surface area contributed by atoms with Crippen LogP contribution >= 0.6 is 0 Å². The number of ether oxygens (including phenoxy) is 2. The molecule has 5 nitrogen and oxygen atoms in total. The lowest BCUT2D eigenvalue weighted by atomic mass is 10.0. The molecule has 0 bridgehead atoms. The van der Waals surface area contributed by atoms with Crippen LogP contribution in [0.1, 0.15) is 33.1 Å². The number of hydrogen-bond donors (Lipinski definition) is 0. The summed E-state index contributed by atoms with van der Waals surface area (Å²) < 4.78 is 10.4. The molecule has 18 heavy (non-hydrogen) atoms. The standard InChI is InChI=1S/C13H21NO4/c1-3-17-12(15)8-14(10-4-5-10)13(16)11-6-7-18-9(11)2/h9-11H,3-8H2,1-2H3. The quantitative estimate of drug-likeness (QED) is 0.687. The Labute approximate surface area is 107 Å². The molecule has 0 aromatic heterocycles. The molecule has 0 aromatic carbocycles. The van der Waals surface area contributed by atoms with Gasteiger partial charge < -0.3 is 14.4 Å². The molecule has 1 saturated heterocycles. The molecule has 0 aromatic rings. The Morgan fingerprint density at radius 2 is 2.06 bits per heavy atom. The lowest BCUT2D eigenvalue weighted by Crippen LogP contribution is -2.43. The molecule has 2 atom stereocenters. The second-order valence-corrected chi connectivity index (χ2v) is 4.97. The van der Waals surface area contributed by atoms with E-state index in [0.29, 0.717) is 13.2 Å². The Kier molecular flexibility index (Phi) is 4.22. The molecular formula is C13H21NO4. The molecule has 2 fully saturated rings. The van der Waals surface area contributed by atoms with Crippen LogP contribution in [0.25, 0.3) is 0 Å². The van der Waals surface area contributed by atoms with Crippen LogP contribution < -0.4 is 0 Å². The molecule has 1 aliphatic heterocycles. The van der Waals surface area contributed by atoms with Gasteiger partial charge >= 0.3 is 5.97 Å². The minimum absolute atomic E-state index is 0.0408. The van der Waals surface area contributed by atoms with Gasteiger partial charge in [0.15, 0.2) is 0 Å². The minimum Gasteiger partial charge on any atom is -0.465 e. The molecule has 1 heterocycles. The Bertz CT molecular complexity index is 327. The maximum Gasteiger partial charge on any atom is 0.325 e. The molecule has 0 spiro atoms. The first-order valence-electron chi connectivity index (χ1n) is 6.71. The van der Waals surface area contributed by atoms with E-state index in [1.807, 2.05) is 6.92 Å². The van der Waals surface area contributed by atoms with Gasteiger partial charge in [-0.25, -0.2) is 0 Å². The second kappa shape index (κ2) is 5.69. The third-order valence-electron chi connectivity index (χ3n) is 3.57. The van der Waals surface area contributed by atoms with Gasteiger partial charge in [-0.05, 0) is 33.1 Å². The predicted octanol–water partition coefficient (Wildman–Crippen LogP) is 0.965. The van der Waals surface area contributed by atoms with Crippen LogP contribution in [0.3, 0.4) is 0 Å². The van der Waals surface area contributed by atoms with Crippen LogP contribution in [0.2, 0.25) is 0 Å². The van der Waals surface area contributed by atoms with Gasteiger partial charge in [-0.2, -0.15) is 0 Å². The lowest BCUT2D eigenvalue weighted by molar-refractivity contribution is -0.151. The molecule has 102 valence electrons. The fraction of sp³-hybridized carbons (Fsp3) is 0.846. The largest absolute Gasteiger partial charge is 0.465 e. The van der Waals surface area contributed by atoms with Crippen molar-refractivity contribution in [3.05, 3.63) is 0 Å². The highest BCUT2D eigenvalue weighted by Gasteiger charge is 2.40. The number of amides is 1. The maximum absolute atomic E-state index is 12.4. The van der Waals surface area contributed by atoms with Gasteiger partial charge in [0.05, 0.1) is 18.6 Å². The van der Waals surface area contributed by atoms with Gasteiger partial charge in [0.25, 0.3) is 0 Å². The van der Waals surface area contributed by atoms with Gasteiger partial charge in [0.2, 0.25) is 5.91 Å². The average molecular weight is 255 g/mol. The molecule has 2 unspecified atom stereocenters. The van der Waals surface area contributed by atoms with Gasteiger partial charge in [-0.1, -0.05) is 0 Å². The summed E-state index contributed by atoms with van der Waals surface area (Å²) in [6.07, 6.45) is 2.70. The van der Waals surface area contributed by atoms with Crippen LogP contribution in [-0.2, 0) is 19.1 Å². The van der Waals surface area contributed by atoms with Crippen LogP contribution in [-0.4, -0.2) is 48.7 Å². The first kappa shape index (κ1) is 13.3. The van der Waals surface area contributed by atoms with E-state index in [0.717, 1.165) is 19.3 Å². The predicted molar refractivity (Wildman–Crippen MR) is 64.9 cm³/mol. The zero-order valence-electron chi connectivity index (χ0n) is 11.1. The SMILES string of the molecule is CCOC(=O)CN(C(=O)C1CCOC1C)C1CC1. The summed E-state index contributed by atoms with van der Waals surface area (Å²) in [7, 11) is 0. The zero-order valence-corrected chi connectivity index (χ0v) is 11.1. The van der Waals surface area contributed by atoms with Gasteiger partial charge in [0, 0.05) is 12.6 Å². The van der Waals surface area contributed by atoms with Crippen LogP contribution in [0.5, 0.6) is 0 Å². The van der Waals surface area contributed by atoms with Crippen molar-refractivity contribution < 1.29 is 19.1 Å². The summed E-state index contributed by atoms with van der Waals surface area (Å²) in [5.74, 6) is -0.361. The summed E-state index contributed by atoms with van der Waals surface area (Å²) >= 11 is 0. The smallest absolute Gasteiger partial charge is 0.325 e. The summed E-state index contributed by atoms with van der Waals surface area (Å²) in [6.45, 7) is 4.77. The number of carbonyl (C=O) groups excluding carboxylic acids is 2. The van der Waals surface area contributed by atoms with Crippen molar-refractivity contribution >= 4 is 11.9 Å². The minimum atomic E-state index is -0.315. The van der Waals surface area contributed by atoms with Crippen molar-refractivity contribution in [3.8, 4) is 0 Å². The molecule has 5 heteroatoms. The molecule has 1 amide bonds. The lowest BCUT2D eigenvalue weighted by Gasteiger charge is -2.25. The van der Waals surface area contributed by atoms with E-state index in [2.05, 4.69) is 0 Å². The zero-order chi connectivity index (χ0) is 13.1. The number of hydrogen-bond acceptors (Lipinski definition) is 4. The highest BCUT2D eigenvalue weighted by atomic mass is 16.5. The van der Waals surface area contributed by atoms with Gasteiger partial charge in [0.1, 0.15) is 6.54 Å². The Morgan fingerprint density at radius 3 is 2.56 bits per heavy atom. The third-order valence-corrected chi connectivity index (χ3v) is 3.57. The first-order valence-corrected chi connectivity index (χ1v) is 6.71. The summed E-state index contributed by atoms with van der Waals surface area (Å²) in [4.78, 5) is 25.6. The van der Waals surface area contributed by atoms with E-state index in [1.165, 1.54) is 0 Å². The molecule has 1 saturated carbocycles. The second-order valence-electron chi connectivity index (χ2n) is 4.97.